The first-order valence-corrected chi connectivity index (χ1v) is 7.74. The fraction of sp³-hybridized carbons (Fsp3) is 0.0526. The van der Waals surface area contributed by atoms with Crippen molar-refractivity contribution in [2.45, 2.75) is 6.92 Å². The molecule has 0 nitrogen and oxygen atoms in total. The van der Waals surface area contributed by atoms with E-state index in [9.17, 15) is 0 Å². The number of rotatable bonds is 2. The lowest BCUT2D eigenvalue weighted by atomic mass is 9.98. The first kappa shape index (κ1) is 13.4. The zero-order valence-electron chi connectivity index (χ0n) is 11.3. The molecule has 0 atom stereocenters. The van der Waals surface area contributed by atoms with E-state index in [1.807, 2.05) is 0 Å². The van der Waals surface area contributed by atoms with Crippen LogP contribution >= 0.6 is 22.6 Å². The van der Waals surface area contributed by atoms with Gasteiger partial charge in [-0.25, -0.2) is 0 Å². The Morgan fingerprint density at radius 1 is 0.650 bits per heavy atom. The second-order valence-corrected chi connectivity index (χ2v) is 6.09. The monoisotopic (exact) mass is 370 g/mol. The minimum absolute atomic E-state index is 1.26. The molecule has 20 heavy (non-hydrogen) atoms. The molecular formula is C19H15I. The normalized spacial score (nSPS) is 10.5. The predicted octanol–water partition coefficient (Wildman–Crippen LogP) is 5.93. The maximum absolute atomic E-state index is 2.41. The molecule has 1 heteroatoms. The van der Waals surface area contributed by atoms with Crippen molar-refractivity contribution in [3.8, 4) is 22.3 Å². The second-order valence-electron chi connectivity index (χ2n) is 4.93. The molecule has 0 aliphatic heterocycles. The number of benzene rings is 3. The number of halogens is 1. The molecule has 0 aromatic heterocycles. The molecule has 0 saturated carbocycles. The van der Waals surface area contributed by atoms with Crippen LogP contribution in [0.2, 0.25) is 0 Å². The van der Waals surface area contributed by atoms with Crippen LogP contribution in [0, 0.1) is 10.5 Å². The van der Waals surface area contributed by atoms with Crippen molar-refractivity contribution in [1.82, 2.24) is 0 Å². The lowest BCUT2D eigenvalue weighted by Gasteiger charge is -2.09. The predicted molar refractivity (Wildman–Crippen MR) is 94.8 cm³/mol. The first-order chi connectivity index (χ1) is 9.74. The molecule has 3 aromatic rings. The summed E-state index contributed by atoms with van der Waals surface area (Å²) < 4.78 is 1.29. The molecule has 0 amide bonds. The first-order valence-electron chi connectivity index (χ1n) is 6.66. The molecule has 0 bridgehead atoms. The van der Waals surface area contributed by atoms with Gasteiger partial charge in [0.15, 0.2) is 0 Å². The maximum atomic E-state index is 2.41. The van der Waals surface area contributed by atoms with Crippen LogP contribution in [0.15, 0.2) is 72.8 Å². The zero-order chi connectivity index (χ0) is 13.9. The highest BCUT2D eigenvalue weighted by molar-refractivity contribution is 14.1. The van der Waals surface area contributed by atoms with E-state index in [-0.39, 0.29) is 0 Å². The summed E-state index contributed by atoms with van der Waals surface area (Å²) in [5.74, 6) is 0. The molecule has 0 spiro atoms. The minimum Gasteiger partial charge on any atom is -0.0622 e. The van der Waals surface area contributed by atoms with Crippen molar-refractivity contribution in [3.05, 3.63) is 81.9 Å². The van der Waals surface area contributed by atoms with E-state index >= 15 is 0 Å². The molecule has 0 heterocycles. The molecule has 0 aliphatic rings. The Kier molecular flexibility index (Phi) is 3.88. The van der Waals surface area contributed by atoms with Gasteiger partial charge in [-0.3, -0.25) is 0 Å². The van der Waals surface area contributed by atoms with E-state index in [0.717, 1.165) is 0 Å². The Morgan fingerprint density at radius 3 is 2.15 bits per heavy atom. The van der Waals surface area contributed by atoms with Crippen LogP contribution in [-0.4, -0.2) is 0 Å². The molecule has 0 fully saturated rings. The van der Waals surface area contributed by atoms with Crippen LogP contribution in [0.25, 0.3) is 22.3 Å². The fourth-order valence-corrected chi connectivity index (χ4v) is 3.02. The van der Waals surface area contributed by atoms with Crippen LogP contribution < -0.4 is 0 Å². The van der Waals surface area contributed by atoms with Gasteiger partial charge in [-0.1, -0.05) is 66.2 Å². The summed E-state index contributed by atoms with van der Waals surface area (Å²) in [6, 6.07) is 25.9. The lowest BCUT2D eigenvalue weighted by molar-refractivity contribution is 1.46. The average molecular weight is 370 g/mol. The van der Waals surface area contributed by atoms with E-state index in [0.29, 0.717) is 0 Å². The van der Waals surface area contributed by atoms with Gasteiger partial charge in [0.1, 0.15) is 0 Å². The summed E-state index contributed by atoms with van der Waals surface area (Å²) in [7, 11) is 0. The van der Waals surface area contributed by atoms with Crippen molar-refractivity contribution in [2.24, 2.45) is 0 Å². The SMILES string of the molecule is Cc1cccc(-c2cc(-c3ccccc3)ccc2I)c1. The fourth-order valence-electron chi connectivity index (χ4n) is 2.37. The van der Waals surface area contributed by atoms with E-state index in [1.54, 1.807) is 0 Å². The standard InChI is InChI=1S/C19H15I/c1-14-6-5-9-17(12-14)18-13-16(10-11-19(18)20)15-7-3-2-4-8-15/h2-13H,1H3. The number of hydrogen-bond acceptors (Lipinski definition) is 0. The summed E-state index contributed by atoms with van der Waals surface area (Å²) in [5.41, 5.74) is 6.41. The van der Waals surface area contributed by atoms with Crippen molar-refractivity contribution < 1.29 is 0 Å². The second kappa shape index (κ2) is 5.80. The largest absolute Gasteiger partial charge is 0.0622 e. The van der Waals surface area contributed by atoms with Crippen molar-refractivity contribution >= 4 is 22.6 Å². The van der Waals surface area contributed by atoms with Gasteiger partial charge in [-0.15, -0.1) is 0 Å². The maximum Gasteiger partial charge on any atom is 0.0209 e. The molecule has 0 radical (unpaired) electrons. The van der Waals surface area contributed by atoms with Gasteiger partial charge in [-0.05, 0) is 63.9 Å². The minimum atomic E-state index is 1.26. The topological polar surface area (TPSA) is 0 Å². The summed E-state index contributed by atoms with van der Waals surface area (Å²) >= 11 is 2.41. The third kappa shape index (κ3) is 2.78. The van der Waals surface area contributed by atoms with Gasteiger partial charge >= 0.3 is 0 Å². The smallest absolute Gasteiger partial charge is 0.0209 e. The average Bonchev–Trinajstić information content (AvgIpc) is 2.48. The van der Waals surface area contributed by atoms with E-state index in [4.69, 9.17) is 0 Å². The van der Waals surface area contributed by atoms with Crippen molar-refractivity contribution in [2.75, 3.05) is 0 Å². The Balaban J connectivity index is 2.12. The van der Waals surface area contributed by atoms with Crippen LogP contribution in [0.5, 0.6) is 0 Å². The quantitative estimate of drug-likeness (QED) is 0.490. The van der Waals surface area contributed by atoms with Crippen LogP contribution in [0.1, 0.15) is 5.56 Å². The molecule has 98 valence electrons. The van der Waals surface area contributed by atoms with Gasteiger partial charge in [0.25, 0.3) is 0 Å². The van der Waals surface area contributed by atoms with E-state index in [2.05, 4.69) is 102 Å². The zero-order valence-corrected chi connectivity index (χ0v) is 13.5. The molecule has 0 saturated heterocycles. The summed E-state index contributed by atoms with van der Waals surface area (Å²) in [4.78, 5) is 0. The molecule has 0 aliphatic carbocycles. The van der Waals surface area contributed by atoms with Gasteiger partial charge in [0.2, 0.25) is 0 Å². The highest BCUT2D eigenvalue weighted by Gasteiger charge is 2.06. The van der Waals surface area contributed by atoms with Gasteiger partial charge in [0, 0.05) is 3.57 Å². The summed E-state index contributed by atoms with van der Waals surface area (Å²) in [6.07, 6.45) is 0. The van der Waals surface area contributed by atoms with E-state index < -0.39 is 0 Å². The van der Waals surface area contributed by atoms with Crippen molar-refractivity contribution in [1.29, 1.82) is 0 Å². The van der Waals surface area contributed by atoms with Crippen LogP contribution in [-0.2, 0) is 0 Å². The van der Waals surface area contributed by atoms with Gasteiger partial charge in [0.05, 0.1) is 0 Å². The molecular weight excluding hydrogens is 355 g/mol. The van der Waals surface area contributed by atoms with Crippen molar-refractivity contribution in [3.63, 3.8) is 0 Å². The Bertz CT molecular complexity index is 730. The molecule has 0 unspecified atom stereocenters. The Morgan fingerprint density at radius 2 is 1.40 bits per heavy atom. The highest BCUT2D eigenvalue weighted by atomic mass is 127. The van der Waals surface area contributed by atoms with Gasteiger partial charge < -0.3 is 0 Å². The molecule has 0 N–H and O–H groups in total. The van der Waals surface area contributed by atoms with Gasteiger partial charge in [-0.2, -0.15) is 0 Å². The highest BCUT2D eigenvalue weighted by Crippen LogP contribution is 2.30. The van der Waals surface area contributed by atoms with Crippen LogP contribution in [0.4, 0.5) is 0 Å². The number of hydrogen-bond donors (Lipinski definition) is 0. The third-order valence-electron chi connectivity index (χ3n) is 3.40. The summed E-state index contributed by atoms with van der Waals surface area (Å²) in [6.45, 7) is 2.14. The lowest BCUT2D eigenvalue weighted by Crippen LogP contribution is -1.86. The van der Waals surface area contributed by atoms with E-state index in [1.165, 1.54) is 31.4 Å². The molecule has 3 rings (SSSR count). The Hall–Kier alpha value is -1.61. The van der Waals surface area contributed by atoms with Crippen LogP contribution in [0.3, 0.4) is 0 Å². The summed E-state index contributed by atoms with van der Waals surface area (Å²) in [5, 5.41) is 0. The Labute approximate surface area is 133 Å². The third-order valence-corrected chi connectivity index (χ3v) is 4.34. The molecule has 3 aromatic carbocycles. The number of aryl methyl sites for hydroxylation is 1.